The van der Waals surface area contributed by atoms with Gasteiger partial charge in [-0.2, -0.15) is 5.26 Å². The number of pyridine rings is 1. The molecule has 0 atom stereocenters. The predicted octanol–water partition coefficient (Wildman–Crippen LogP) is 3.49. The van der Waals surface area contributed by atoms with Gasteiger partial charge in [0.1, 0.15) is 5.52 Å². The largest absolute Gasteiger partial charge is 0.380 e. The van der Waals surface area contributed by atoms with Crippen LogP contribution in [0.25, 0.3) is 16.6 Å². The molecule has 0 bridgehead atoms. The molecule has 8 heteroatoms. The topological polar surface area (TPSA) is 121 Å². The molecule has 28 heavy (non-hydrogen) atoms. The number of carbonyl (C=O) groups excluding carboxylic acids is 1. The standard InChI is InChI=1S/C20H15N7O/c21-12-13-3-7-15(8-4-13)23-20(28)24-16-9-5-14(6-10-16)17-2-1-11-27-18(17)19(22)25-26-27/h1-11H,22H2,(H2,23,24,28). The summed E-state index contributed by atoms with van der Waals surface area (Å²) in [6.07, 6.45) is 1.78. The fourth-order valence-electron chi connectivity index (χ4n) is 2.86. The highest BCUT2D eigenvalue weighted by molar-refractivity contribution is 6.00. The molecule has 4 rings (SSSR count). The van der Waals surface area contributed by atoms with Crippen molar-refractivity contribution < 1.29 is 4.79 Å². The Balaban J connectivity index is 1.49. The lowest BCUT2D eigenvalue weighted by Gasteiger charge is -2.09. The molecule has 0 aliphatic heterocycles. The van der Waals surface area contributed by atoms with Gasteiger partial charge in [0.2, 0.25) is 0 Å². The van der Waals surface area contributed by atoms with Gasteiger partial charge >= 0.3 is 6.03 Å². The summed E-state index contributed by atoms with van der Waals surface area (Å²) in [5.74, 6) is 0.361. The molecule has 0 fully saturated rings. The number of nitrogens with two attached hydrogens (primary N) is 1. The minimum absolute atomic E-state index is 0.361. The van der Waals surface area contributed by atoms with E-state index in [4.69, 9.17) is 11.0 Å². The van der Waals surface area contributed by atoms with Crippen LogP contribution >= 0.6 is 0 Å². The van der Waals surface area contributed by atoms with Crippen LogP contribution in [0.1, 0.15) is 5.56 Å². The minimum Gasteiger partial charge on any atom is -0.380 e. The van der Waals surface area contributed by atoms with Gasteiger partial charge in [-0.25, -0.2) is 9.31 Å². The summed E-state index contributed by atoms with van der Waals surface area (Å²) in [6, 6.07) is 19.5. The van der Waals surface area contributed by atoms with Gasteiger partial charge in [-0.15, -0.1) is 5.10 Å². The third-order valence-corrected chi connectivity index (χ3v) is 4.19. The van der Waals surface area contributed by atoms with Crippen LogP contribution in [-0.4, -0.2) is 20.9 Å². The Morgan fingerprint density at radius 1 is 1.00 bits per heavy atom. The lowest BCUT2D eigenvalue weighted by atomic mass is 10.1. The number of hydrogen-bond acceptors (Lipinski definition) is 5. The molecule has 4 aromatic rings. The van der Waals surface area contributed by atoms with Crippen molar-refractivity contribution in [3.05, 3.63) is 72.4 Å². The second-order valence-corrected chi connectivity index (χ2v) is 6.04. The van der Waals surface area contributed by atoms with Crippen LogP contribution in [-0.2, 0) is 0 Å². The highest BCUT2D eigenvalue weighted by Crippen LogP contribution is 2.28. The summed E-state index contributed by atoms with van der Waals surface area (Å²) in [7, 11) is 0. The summed E-state index contributed by atoms with van der Waals surface area (Å²) < 4.78 is 1.63. The number of nitrogen functional groups attached to an aromatic ring is 1. The van der Waals surface area contributed by atoms with Crippen LogP contribution in [0.4, 0.5) is 22.0 Å². The number of carbonyl (C=O) groups is 1. The van der Waals surface area contributed by atoms with Crippen LogP contribution in [0.3, 0.4) is 0 Å². The molecular weight excluding hydrogens is 354 g/mol. The van der Waals surface area contributed by atoms with Gasteiger partial charge in [-0.3, -0.25) is 0 Å². The molecule has 136 valence electrons. The second kappa shape index (κ2) is 7.09. The first-order chi connectivity index (χ1) is 13.6. The number of urea groups is 1. The van der Waals surface area contributed by atoms with E-state index in [0.29, 0.717) is 22.8 Å². The Morgan fingerprint density at radius 3 is 2.29 bits per heavy atom. The molecule has 2 amide bonds. The van der Waals surface area contributed by atoms with E-state index in [0.717, 1.165) is 16.6 Å². The van der Waals surface area contributed by atoms with E-state index in [2.05, 4.69) is 20.9 Å². The molecule has 4 N–H and O–H groups in total. The van der Waals surface area contributed by atoms with Crippen molar-refractivity contribution in [2.24, 2.45) is 0 Å². The molecular formula is C20H15N7O. The van der Waals surface area contributed by atoms with Gasteiger partial charge in [-0.05, 0) is 48.0 Å². The molecule has 8 nitrogen and oxygen atoms in total. The number of anilines is 3. The quantitative estimate of drug-likeness (QED) is 0.510. The number of aromatic nitrogens is 3. The lowest BCUT2D eigenvalue weighted by molar-refractivity contribution is 0.262. The van der Waals surface area contributed by atoms with Crippen molar-refractivity contribution in [1.82, 2.24) is 14.8 Å². The first-order valence-corrected chi connectivity index (χ1v) is 8.42. The summed E-state index contributed by atoms with van der Waals surface area (Å²) in [5.41, 5.74) is 10.3. The Hall–Kier alpha value is -4.38. The Kier molecular flexibility index (Phi) is 4.32. The second-order valence-electron chi connectivity index (χ2n) is 6.04. The highest BCUT2D eigenvalue weighted by atomic mass is 16.2. The van der Waals surface area contributed by atoms with Crippen molar-refractivity contribution in [3.63, 3.8) is 0 Å². The smallest absolute Gasteiger partial charge is 0.323 e. The van der Waals surface area contributed by atoms with E-state index in [9.17, 15) is 4.79 Å². The van der Waals surface area contributed by atoms with Gasteiger partial charge in [-0.1, -0.05) is 23.4 Å². The number of nitrogens with one attached hydrogen (secondary N) is 2. The average Bonchev–Trinajstić information content (AvgIpc) is 3.10. The van der Waals surface area contributed by atoms with Crippen LogP contribution in [0.2, 0.25) is 0 Å². The molecule has 0 aliphatic rings. The van der Waals surface area contributed by atoms with E-state index >= 15 is 0 Å². The van der Waals surface area contributed by atoms with Crippen molar-refractivity contribution >= 4 is 28.7 Å². The first kappa shape index (κ1) is 17.1. The predicted molar refractivity (Wildman–Crippen MR) is 107 cm³/mol. The van der Waals surface area contributed by atoms with Gasteiger partial charge in [0.05, 0.1) is 11.6 Å². The van der Waals surface area contributed by atoms with E-state index < -0.39 is 0 Å². The molecule has 0 radical (unpaired) electrons. The lowest BCUT2D eigenvalue weighted by Crippen LogP contribution is -2.19. The van der Waals surface area contributed by atoms with E-state index in [1.807, 2.05) is 30.3 Å². The molecule has 2 heterocycles. The average molecular weight is 369 g/mol. The molecule has 2 aromatic heterocycles. The van der Waals surface area contributed by atoms with Crippen molar-refractivity contribution in [2.45, 2.75) is 0 Å². The zero-order valence-electron chi connectivity index (χ0n) is 14.6. The molecule has 0 spiro atoms. The van der Waals surface area contributed by atoms with Crippen molar-refractivity contribution in [3.8, 4) is 17.2 Å². The Bertz CT molecular complexity index is 1190. The third-order valence-electron chi connectivity index (χ3n) is 4.19. The van der Waals surface area contributed by atoms with Crippen LogP contribution < -0.4 is 16.4 Å². The van der Waals surface area contributed by atoms with E-state index in [1.54, 1.807) is 47.1 Å². The summed E-state index contributed by atoms with van der Waals surface area (Å²) in [5, 5.41) is 22.2. The number of benzene rings is 2. The van der Waals surface area contributed by atoms with Crippen molar-refractivity contribution in [1.29, 1.82) is 5.26 Å². The maximum atomic E-state index is 12.2. The SMILES string of the molecule is N#Cc1ccc(NC(=O)Nc2ccc(-c3cccn4nnc(N)c34)cc2)cc1. The number of amides is 2. The Labute approximate surface area is 160 Å². The summed E-state index contributed by atoms with van der Waals surface area (Å²) >= 11 is 0. The first-order valence-electron chi connectivity index (χ1n) is 8.42. The van der Waals surface area contributed by atoms with E-state index in [1.165, 1.54) is 0 Å². The number of rotatable bonds is 3. The monoisotopic (exact) mass is 369 g/mol. The van der Waals surface area contributed by atoms with Crippen LogP contribution in [0.5, 0.6) is 0 Å². The minimum atomic E-state index is -0.371. The maximum absolute atomic E-state index is 12.2. The Morgan fingerprint density at radius 2 is 1.64 bits per heavy atom. The van der Waals surface area contributed by atoms with Crippen LogP contribution in [0, 0.1) is 11.3 Å². The van der Waals surface area contributed by atoms with Crippen molar-refractivity contribution in [2.75, 3.05) is 16.4 Å². The summed E-state index contributed by atoms with van der Waals surface area (Å²) in [6.45, 7) is 0. The third kappa shape index (κ3) is 3.32. The molecule has 0 unspecified atom stereocenters. The number of fused-ring (bicyclic) bond motifs is 1. The zero-order chi connectivity index (χ0) is 19.5. The highest BCUT2D eigenvalue weighted by Gasteiger charge is 2.10. The van der Waals surface area contributed by atoms with Gasteiger partial charge < -0.3 is 16.4 Å². The van der Waals surface area contributed by atoms with Crippen LogP contribution in [0.15, 0.2) is 66.9 Å². The van der Waals surface area contributed by atoms with Gasteiger partial charge in [0.15, 0.2) is 5.82 Å². The fourth-order valence-corrected chi connectivity index (χ4v) is 2.86. The fraction of sp³-hybridized carbons (Fsp3) is 0. The molecule has 2 aromatic carbocycles. The number of nitriles is 1. The zero-order valence-corrected chi connectivity index (χ0v) is 14.6. The van der Waals surface area contributed by atoms with E-state index in [-0.39, 0.29) is 6.03 Å². The maximum Gasteiger partial charge on any atom is 0.323 e. The van der Waals surface area contributed by atoms with Gasteiger partial charge in [0.25, 0.3) is 0 Å². The molecule has 0 aliphatic carbocycles. The normalized spacial score (nSPS) is 10.4. The molecule has 0 saturated heterocycles. The molecule has 0 saturated carbocycles. The number of nitrogens with zero attached hydrogens (tertiary/aromatic N) is 4. The van der Waals surface area contributed by atoms with Gasteiger partial charge in [0, 0.05) is 23.1 Å². The summed E-state index contributed by atoms with van der Waals surface area (Å²) in [4.78, 5) is 12.2. The number of hydrogen-bond donors (Lipinski definition) is 3.